The molecule has 5 nitrogen and oxygen atoms in total. The van der Waals surface area contributed by atoms with E-state index < -0.39 is 0 Å². The highest BCUT2D eigenvalue weighted by Gasteiger charge is 2.09. The number of amides is 1. The zero-order valence-electron chi connectivity index (χ0n) is 11.7. The van der Waals surface area contributed by atoms with Crippen LogP contribution in [0, 0.1) is 0 Å². The second kappa shape index (κ2) is 8.50. The zero-order chi connectivity index (χ0) is 14.1. The van der Waals surface area contributed by atoms with Crippen LogP contribution in [0.5, 0.6) is 0 Å². The van der Waals surface area contributed by atoms with Crippen LogP contribution in [-0.2, 0) is 16.1 Å². The standard InChI is InChI=1S/C14H23N3O2/c1-3-17(11-14(18)16-8-9-19-2)10-12-4-6-13(15)7-5-12/h4-7H,3,8-11,15H2,1-2H3,(H,16,18). The van der Waals surface area contributed by atoms with Crippen LogP contribution >= 0.6 is 0 Å². The van der Waals surface area contributed by atoms with Gasteiger partial charge >= 0.3 is 0 Å². The number of carbonyl (C=O) groups is 1. The van der Waals surface area contributed by atoms with Gasteiger partial charge in [-0.05, 0) is 24.2 Å². The highest BCUT2D eigenvalue weighted by Crippen LogP contribution is 2.08. The van der Waals surface area contributed by atoms with Crippen LogP contribution in [0.4, 0.5) is 5.69 Å². The molecule has 0 atom stereocenters. The lowest BCUT2D eigenvalue weighted by Crippen LogP contribution is -2.38. The molecule has 0 radical (unpaired) electrons. The van der Waals surface area contributed by atoms with Crippen LogP contribution in [0.3, 0.4) is 0 Å². The fraction of sp³-hybridized carbons (Fsp3) is 0.500. The molecule has 0 fully saturated rings. The van der Waals surface area contributed by atoms with E-state index in [0.29, 0.717) is 19.7 Å². The number of likely N-dealkylation sites (N-methyl/N-ethyl adjacent to an activating group) is 1. The van der Waals surface area contributed by atoms with Gasteiger partial charge in [0.1, 0.15) is 0 Å². The van der Waals surface area contributed by atoms with Gasteiger partial charge in [0.05, 0.1) is 13.2 Å². The number of nitrogens with zero attached hydrogens (tertiary/aromatic N) is 1. The Kier molecular flexibility index (Phi) is 6.92. The minimum absolute atomic E-state index is 0.0225. The largest absolute Gasteiger partial charge is 0.399 e. The number of anilines is 1. The van der Waals surface area contributed by atoms with Crippen LogP contribution in [-0.4, -0.2) is 44.2 Å². The summed E-state index contributed by atoms with van der Waals surface area (Å²) in [6, 6.07) is 7.73. The van der Waals surface area contributed by atoms with Gasteiger partial charge in [-0.15, -0.1) is 0 Å². The topological polar surface area (TPSA) is 67.6 Å². The lowest BCUT2D eigenvalue weighted by molar-refractivity contribution is -0.122. The number of rotatable bonds is 8. The van der Waals surface area contributed by atoms with Crippen molar-refractivity contribution in [2.45, 2.75) is 13.5 Å². The Balaban J connectivity index is 2.40. The third-order valence-corrected chi connectivity index (χ3v) is 2.83. The van der Waals surface area contributed by atoms with Crippen molar-refractivity contribution >= 4 is 11.6 Å². The Morgan fingerprint density at radius 1 is 1.37 bits per heavy atom. The van der Waals surface area contributed by atoms with Gasteiger partial charge in [0.25, 0.3) is 0 Å². The number of benzene rings is 1. The van der Waals surface area contributed by atoms with E-state index in [0.717, 1.165) is 24.3 Å². The summed E-state index contributed by atoms with van der Waals surface area (Å²) in [5.41, 5.74) is 7.56. The lowest BCUT2D eigenvalue weighted by Gasteiger charge is -2.20. The number of hydrogen-bond acceptors (Lipinski definition) is 4. The molecule has 3 N–H and O–H groups in total. The first kappa shape index (κ1) is 15.5. The van der Waals surface area contributed by atoms with Gasteiger partial charge in [-0.1, -0.05) is 19.1 Å². The van der Waals surface area contributed by atoms with E-state index in [1.54, 1.807) is 7.11 Å². The second-order valence-electron chi connectivity index (χ2n) is 4.39. The number of hydrogen-bond donors (Lipinski definition) is 2. The van der Waals surface area contributed by atoms with Crippen molar-refractivity contribution in [1.82, 2.24) is 10.2 Å². The van der Waals surface area contributed by atoms with Gasteiger partial charge in [0.2, 0.25) is 5.91 Å². The summed E-state index contributed by atoms with van der Waals surface area (Å²) in [6.07, 6.45) is 0. The average molecular weight is 265 g/mol. The summed E-state index contributed by atoms with van der Waals surface area (Å²) >= 11 is 0. The van der Waals surface area contributed by atoms with Gasteiger partial charge in [-0.2, -0.15) is 0 Å². The second-order valence-corrected chi connectivity index (χ2v) is 4.39. The van der Waals surface area contributed by atoms with Crippen molar-refractivity contribution in [3.8, 4) is 0 Å². The van der Waals surface area contributed by atoms with E-state index in [-0.39, 0.29) is 5.91 Å². The Hall–Kier alpha value is -1.59. The molecule has 19 heavy (non-hydrogen) atoms. The van der Waals surface area contributed by atoms with Crippen molar-refractivity contribution in [1.29, 1.82) is 0 Å². The zero-order valence-corrected chi connectivity index (χ0v) is 11.7. The molecule has 106 valence electrons. The van der Waals surface area contributed by atoms with Gasteiger partial charge in [-0.25, -0.2) is 0 Å². The fourth-order valence-corrected chi connectivity index (χ4v) is 1.71. The van der Waals surface area contributed by atoms with Crippen LogP contribution < -0.4 is 11.1 Å². The van der Waals surface area contributed by atoms with Crippen LogP contribution in [0.1, 0.15) is 12.5 Å². The van der Waals surface area contributed by atoms with E-state index in [9.17, 15) is 4.79 Å². The minimum atomic E-state index is 0.0225. The predicted molar refractivity (Wildman–Crippen MR) is 76.7 cm³/mol. The maximum Gasteiger partial charge on any atom is 0.234 e. The first-order chi connectivity index (χ1) is 9.15. The minimum Gasteiger partial charge on any atom is -0.399 e. The molecule has 0 spiro atoms. The maximum absolute atomic E-state index is 11.7. The molecule has 0 aromatic heterocycles. The van der Waals surface area contributed by atoms with Crippen molar-refractivity contribution in [2.75, 3.05) is 39.1 Å². The molecule has 5 heteroatoms. The molecule has 1 rings (SSSR count). The number of methoxy groups -OCH3 is 1. The number of nitrogens with one attached hydrogen (secondary N) is 1. The van der Waals surface area contributed by atoms with Crippen LogP contribution in [0.25, 0.3) is 0 Å². The van der Waals surface area contributed by atoms with E-state index >= 15 is 0 Å². The van der Waals surface area contributed by atoms with Crippen molar-refractivity contribution in [3.63, 3.8) is 0 Å². The normalized spacial score (nSPS) is 10.7. The molecule has 0 aliphatic carbocycles. The first-order valence-corrected chi connectivity index (χ1v) is 6.48. The molecule has 1 aromatic carbocycles. The average Bonchev–Trinajstić information content (AvgIpc) is 2.41. The van der Waals surface area contributed by atoms with E-state index in [4.69, 9.17) is 10.5 Å². The van der Waals surface area contributed by atoms with Crippen LogP contribution in [0.2, 0.25) is 0 Å². The molecule has 0 bridgehead atoms. The van der Waals surface area contributed by atoms with Crippen LogP contribution in [0.15, 0.2) is 24.3 Å². The quantitative estimate of drug-likeness (QED) is 0.540. The number of carbonyl (C=O) groups excluding carboxylic acids is 1. The number of nitrogen functional groups attached to an aromatic ring is 1. The monoisotopic (exact) mass is 265 g/mol. The smallest absolute Gasteiger partial charge is 0.234 e. The summed E-state index contributed by atoms with van der Waals surface area (Å²) in [5.74, 6) is 0.0225. The lowest BCUT2D eigenvalue weighted by atomic mass is 10.2. The molecule has 0 saturated heterocycles. The molecule has 0 aliphatic heterocycles. The first-order valence-electron chi connectivity index (χ1n) is 6.48. The molecule has 0 saturated carbocycles. The molecule has 0 aliphatic rings. The van der Waals surface area contributed by atoms with Gasteiger partial charge < -0.3 is 15.8 Å². The maximum atomic E-state index is 11.7. The van der Waals surface area contributed by atoms with E-state index in [2.05, 4.69) is 10.2 Å². The number of ether oxygens (including phenoxy) is 1. The van der Waals surface area contributed by atoms with Crippen molar-refractivity contribution < 1.29 is 9.53 Å². The summed E-state index contributed by atoms with van der Waals surface area (Å²) in [5, 5.41) is 2.82. The molecule has 0 unspecified atom stereocenters. The van der Waals surface area contributed by atoms with Crippen molar-refractivity contribution in [3.05, 3.63) is 29.8 Å². The molecule has 0 heterocycles. The summed E-state index contributed by atoms with van der Waals surface area (Å²) < 4.78 is 4.89. The molecular weight excluding hydrogens is 242 g/mol. The van der Waals surface area contributed by atoms with Gasteiger partial charge in [0.15, 0.2) is 0 Å². The SMILES string of the molecule is CCN(CC(=O)NCCOC)Cc1ccc(N)cc1. The van der Waals surface area contributed by atoms with E-state index in [1.165, 1.54) is 0 Å². The Labute approximate surface area is 114 Å². The highest BCUT2D eigenvalue weighted by atomic mass is 16.5. The van der Waals surface area contributed by atoms with Gasteiger partial charge in [0, 0.05) is 25.9 Å². The molecule has 1 amide bonds. The third kappa shape index (κ3) is 6.22. The number of nitrogens with two attached hydrogens (primary N) is 1. The summed E-state index contributed by atoms with van der Waals surface area (Å²) in [6.45, 7) is 5.09. The summed E-state index contributed by atoms with van der Waals surface area (Å²) in [4.78, 5) is 13.8. The Morgan fingerprint density at radius 3 is 2.63 bits per heavy atom. The Bertz CT molecular complexity index is 379. The van der Waals surface area contributed by atoms with Crippen molar-refractivity contribution in [2.24, 2.45) is 0 Å². The Morgan fingerprint density at radius 2 is 2.05 bits per heavy atom. The fourth-order valence-electron chi connectivity index (χ4n) is 1.71. The molecular formula is C14H23N3O2. The molecule has 1 aromatic rings. The van der Waals surface area contributed by atoms with E-state index in [1.807, 2.05) is 31.2 Å². The van der Waals surface area contributed by atoms with Gasteiger partial charge in [-0.3, -0.25) is 9.69 Å². The summed E-state index contributed by atoms with van der Waals surface area (Å²) in [7, 11) is 1.62. The highest BCUT2D eigenvalue weighted by molar-refractivity contribution is 5.77. The third-order valence-electron chi connectivity index (χ3n) is 2.83. The predicted octanol–water partition coefficient (Wildman–Crippen LogP) is 0.853.